The number of aliphatic carboxylic acids is 1. The monoisotopic (exact) mass is 431 g/mol. The van der Waals surface area contributed by atoms with Crippen LogP contribution in [0.2, 0.25) is 0 Å². The maximum atomic E-state index is 12.5. The Kier molecular flexibility index (Phi) is 4.63. The van der Waals surface area contributed by atoms with Crippen LogP contribution in [-0.4, -0.2) is 92.1 Å². The molecule has 0 saturated carbocycles. The van der Waals surface area contributed by atoms with E-state index < -0.39 is 52.8 Å². The van der Waals surface area contributed by atoms with E-state index in [0.29, 0.717) is 0 Å². The molecule has 13 nitrogen and oxygen atoms in total. The first-order chi connectivity index (χ1) is 14.6. The predicted octanol–water partition coefficient (Wildman–Crippen LogP) is -2.45. The molecule has 0 spiro atoms. The second kappa shape index (κ2) is 7.07. The number of carboxylic acid groups (broad SMARTS) is 1. The van der Waals surface area contributed by atoms with Gasteiger partial charge in [0.1, 0.15) is 6.04 Å². The summed E-state index contributed by atoms with van der Waals surface area (Å²) in [4.78, 5) is 61.9. The van der Waals surface area contributed by atoms with Gasteiger partial charge in [-0.05, 0) is 12.1 Å². The summed E-state index contributed by atoms with van der Waals surface area (Å²) in [6.07, 6.45) is 0. The molecule has 3 heterocycles. The summed E-state index contributed by atoms with van der Waals surface area (Å²) in [5, 5.41) is 33.2. The van der Waals surface area contributed by atoms with E-state index in [1.165, 1.54) is 5.01 Å². The van der Waals surface area contributed by atoms with Gasteiger partial charge in [-0.3, -0.25) is 24.1 Å². The summed E-state index contributed by atoms with van der Waals surface area (Å²) in [5.74, 6) is -5.36. The molecule has 0 bridgehead atoms. The minimum Gasteiger partial charge on any atom is -0.504 e. The Hall–Kier alpha value is -3.97. The standard InChI is InChI=1S/C18H17N5O8/c19-10-6-21-5-9(13(18(30)31)23(21)17(10)29)14(26)20-1-2-22-15(27)7-3-11(24)12(25)4-8(7)16(22)28/h3-4,10,24-25H,1-2,5-6,19H2,(H,20,26)(H,30,31). The van der Waals surface area contributed by atoms with Crippen LogP contribution in [0.3, 0.4) is 0 Å². The molecule has 1 unspecified atom stereocenters. The number of amides is 4. The molecule has 0 radical (unpaired) electrons. The average molecular weight is 431 g/mol. The van der Waals surface area contributed by atoms with Crippen LogP contribution in [0.1, 0.15) is 20.7 Å². The quantitative estimate of drug-likeness (QED) is 0.247. The highest BCUT2D eigenvalue weighted by Gasteiger charge is 2.47. The third kappa shape index (κ3) is 3.06. The van der Waals surface area contributed by atoms with Gasteiger partial charge in [-0.2, -0.15) is 0 Å². The molecular weight excluding hydrogens is 414 g/mol. The Balaban J connectivity index is 1.45. The molecule has 3 aliphatic heterocycles. The van der Waals surface area contributed by atoms with Crippen molar-refractivity contribution < 1.29 is 39.3 Å². The highest BCUT2D eigenvalue weighted by Crippen LogP contribution is 2.33. The molecule has 0 aliphatic carbocycles. The molecule has 13 heteroatoms. The highest BCUT2D eigenvalue weighted by atomic mass is 16.4. The zero-order chi connectivity index (χ0) is 22.6. The van der Waals surface area contributed by atoms with E-state index in [9.17, 15) is 39.3 Å². The van der Waals surface area contributed by atoms with Crippen LogP contribution in [-0.2, 0) is 14.4 Å². The van der Waals surface area contributed by atoms with Gasteiger partial charge in [-0.15, -0.1) is 0 Å². The number of phenols is 2. The van der Waals surface area contributed by atoms with E-state index in [2.05, 4.69) is 5.32 Å². The molecule has 3 aliphatic rings. The molecular formula is C18H17N5O8. The van der Waals surface area contributed by atoms with Gasteiger partial charge in [0.2, 0.25) is 0 Å². The molecule has 1 saturated heterocycles. The number of nitrogens with zero attached hydrogens (tertiary/aromatic N) is 3. The highest BCUT2D eigenvalue weighted by molar-refractivity contribution is 6.21. The maximum Gasteiger partial charge on any atom is 0.354 e. The molecule has 1 atom stereocenters. The van der Waals surface area contributed by atoms with Crippen molar-refractivity contribution in [3.8, 4) is 11.5 Å². The number of nitrogens with one attached hydrogen (secondary N) is 1. The molecule has 162 valence electrons. The fourth-order valence-corrected chi connectivity index (χ4v) is 3.76. The topological polar surface area (TPSA) is 194 Å². The van der Waals surface area contributed by atoms with E-state index >= 15 is 0 Å². The van der Waals surface area contributed by atoms with E-state index in [0.717, 1.165) is 22.0 Å². The van der Waals surface area contributed by atoms with Gasteiger partial charge in [-0.1, -0.05) is 0 Å². The lowest BCUT2D eigenvalue weighted by Crippen LogP contribution is -2.39. The summed E-state index contributed by atoms with van der Waals surface area (Å²) < 4.78 is 0. The zero-order valence-electron chi connectivity index (χ0n) is 15.9. The number of hydrogen-bond acceptors (Lipinski definition) is 9. The van der Waals surface area contributed by atoms with E-state index in [1.54, 1.807) is 0 Å². The Morgan fingerprint density at radius 3 is 2.23 bits per heavy atom. The molecule has 31 heavy (non-hydrogen) atoms. The van der Waals surface area contributed by atoms with Crippen LogP contribution in [0.25, 0.3) is 0 Å². The number of carbonyl (C=O) groups is 5. The Morgan fingerprint density at radius 1 is 1.10 bits per heavy atom. The van der Waals surface area contributed by atoms with Gasteiger partial charge >= 0.3 is 5.97 Å². The first kappa shape index (κ1) is 20.3. The lowest BCUT2D eigenvalue weighted by molar-refractivity contribution is -0.143. The van der Waals surface area contributed by atoms with Gasteiger partial charge in [0, 0.05) is 19.6 Å². The number of nitrogens with two attached hydrogens (primary N) is 1. The molecule has 4 amide bonds. The number of fused-ring (bicyclic) bond motifs is 2. The lowest BCUT2D eigenvalue weighted by Gasteiger charge is -2.19. The number of hydrazine groups is 1. The third-order valence-electron chi connectivity index (χ3n) is 5.22. The third-order valence-corrected chi connectivity index (χ3v) is 5.22. The Morgan fingerprint density at radius 2 is 1.68 bits per heavy atom. The Labute approximate surface area is 173 Å². The Bertz CT molecular complexity index is 1060. The number of aromatic hydroxyl groups is 2. The number of hydrogen-bond donors (Lipinski definition) is 5. The predicted molar refractivity (Wildman–Crippen MR) is 99.2 cm³/mol. The normalized spacial score (nSPS) is 20.5. The van der Waals surface area contributed by atoms with Gasteiger partial charge < -0.3 is 26.4 Å². The summed E-state index contributed by atoms with van der Waals surface area (Å²) in [6.45, 7) is -0.474. The van der Waals surface area contributed by atoms with Crippen LogP contribution >= 0.6 is 0 Å². The van der Waals surface area contributed by atoms with Gasteiger partial charge in [0.25, 0.3) is 23.6 Å². The lowest BCUT2D eigenvalue weighted by atomic mass is 10.1. The number of benzene rings is 1. The molecule has 0 aromatic heterocycles. The summed E-state index contributed by atoms with van der Waals surface area (Å²) in [5.41, 5.74) is 4.84. The average Bonchev–Trinajstić information content (AvgIpc) is 3.29. The van der Waals surface area contributed by atoms with Gasteiger partial charge in [0.05, 0.1) is 23.2 Å². The fraction of sp³-hybridized carbons (Fsp3) is 0.278. The number of imide groups is 1. The van der Waals surface area contributed by atoms with Crippen LogP contribution in [0.4, 0.5) is 0 Å². The smallest absolute Gasteiger partial charge is 0.354 e. The van der Waals surface area contributed by atoms with Crippen LogP contribution in [0, 0.1) is 0 Å². The number of phenolic OH excluding ortho intramolecular Hbond substituents is 2. The van der Waals surface area contributed by atoms with Gasteiger partial charge in [0.15, 0.2) is 17.2 Å². The van der Waals surface area contributed by atoms with E-state index in [1.807, 2.05) is 0 Å². The molecule has 4 rings (SSSR count). The summed E-state index contributed by atoms with van der Waals surface area (Å²) in [6, 6.07) is 1.08. The second-order valence-corrected chi connectivity index (χ2v) is 7.14. The first-order valence-corrected chi connectivity index (χ1v) is 9.13. The number of carbonyl (C=O) groups excluding carboxylic acids is 4. The van der Waals surface area contributed by atoms with Crippen molar-refractivity contribution in [2.45, 2.75) is 6.04 Å². The van der Waals surface area contributed by atoms with Gasteiger partial charge in [-0.25, -0.2) is 14.8 Å². The van der Waals surface area contributed by atoms with Crippen LogP contribution in [0.5, 0.6) is 11.5 Å². The SMILES string of the molecule is NC1CN2CC(C(=O)NCCN3C(=O)c4cc(O)c(O)cc4C3=O)=C(C(=O)O)N2C1=O. The van der Waals surface area contributed by atoms with Crippen molar-refractivity contribution in [2.75, 3.05) is 26.2 Å². The first-order valence-electron chi connectivity index (χ1n) is 9.13. The molecule has 1 aromatic rings. The fourth-order valence-electron chi connectivity index (χ4n) is 3.76. The van der Waals surface area contributed by atoms with Crippen molar-refractivity contribution in [1.82, 2.24) is 20.2 Å². The van der Waals surface area contributed by atoms with Crippen molar-refractivity contribution in [2.24, 2.45) is 5.73 Å². The minimum absolute atomic E-state index is 0.0706. The number of carboxylic acids is 1. The second-order valence-electron chi connectivity index (χ2n) is 7.14. The maximum absolute atomic E-state index is 12.5. The van der Waals surface area contributed by atoms with E-state index in [4.69, 9.17) is 5.73 Å². The van der Waals surface area contributed by atoms with Crippen molar-refractivity contribution in [3.63, 3.8) is 0 Å². The molecule has 1 aromatic carbocycles. The largest absolute Gasteiger partial charge is 0.504 e. The van der Waals surface area contributed by atoms with Crippen molar-refractivity contribution in [3.05, 3.63) is 34.5 Å². The zero-order valence-corrected chi connectivity index (χ0v) is 15.9. The molecule has 6 N–H and O–H groups in total. The van der Waals surface area contributed by atoms with E-state index in [-0.39, 0.29) is 42.9 Å². The summed E-state index contributed by atoms with van der Waals surface area (Å²) in [7, 11) is 0. The van der Waals surface area contributed by atoms with Crippen LogP contribution < -0.4 is 11.1 Å². The van der Waals surface area contributed by atoms with Crippen molar-refractivity contribution >= 4 is 29.6 Å². The minimum atomic E-state index is -1.46. The number of rotatable bonds is 5. The summed E-state index contributed by atoms with van der Waals surface area (Å²) >= 11 is 0. The van der Waals surface area contributed by atoms with Crippen LogP contribution in [0.15, 0.2) is 23.4 Å². The molecule has 1 fully saturated rings. The van der Waals surface area contributed by atoms with Crippen molar-refractivity contribution in [1.29, 1.82) is 0 Å².